The van der Waals surface area contributed by atoms with Crippen LogP contribution in [0.4, 0.5) is 0 Å². The molecule has 4 heteroatoms. The molecule has 2 aliphatic carbocycles. The number of hydrogen-bond donors (Lipinski definition) is 0. The van der Waals surface area contributed by atoms with E-state index >= 15 is 0 Å². The Morgan fingerprint density at radius 1 is 1.08 bits per heavy atom. The molecule has 2 aliphatic rings. The van der Waals surface area contributed by atoms with Crippen LogP contribution in [0.3, 0.4) is 0 Å². The molecule has 0 aromatic heterocycles. The summed E-state index contributed by atoms with van der Waals surface area (Å²) in [5, 5.41) is 0. The van der Waals surface area contributed by atoms with Gasteiger partial charge >= 0.3 is 0 Å². The molecule has 0 nitrogen and oxygen atoms in total. The van der Waals surface area contributed by atoms with E-state index in [1.165, 1.54) is 19.3 Å². The molecule has 2 rings (SSSR count). The molecular weight excluding hydrogens is 282 g/mol. The molecule has 0 saturated heterocycles. The smallest absolute Gasteiger partial charge is 0.0883 e. The fraction of sp³-hybridized carbons (Fsp3) is 1.00. The van der Waals surface area contributed by atoms with Crippen LogP contribution in [0.2, 0.25) is 0 Å². The lowest BCUT2D eigenvalue weighted by Gasteiger charge is -2.32. The maximum Gasteiger partial charge on any atom is 0.194 e. The lowest BCUT2D eigenvalue weighted by atomic mass is 9.90. The molecule has 2 fully saturated rings. The van der Waals surface area contributed by atoms with E-state index < -0.39 is 3.79 Å². The summed E-state index contributed by atoms with van der Waals surface area (Å²) in [5.74, 6) is 1.60. The van der Waals surface area contributed by atoms with E-state index in [1.807, 2.05) is 0 Å². The number of alkyl halides is 4. The van der Waals surface area contributed by atoms with Crippen molar-refractivity contribution in [2.24, 2.45) is 17.8 Å². The van der Waals surface area contributed by atoms with Crippen molar-refractivity contribution in [1.29, 1.82) is 0 Å². The Morgan fingerprint density at radius 3 is 2.00 bits per heavy atom. The molecule has 0 aromatic carbocycles. The first-order valence-corrected chi connectivity index (χ1v) is 6.26. The monoisotopic (exact) mass is 290 g/mol. The molecular formula is C8H10BrCl3. The second-order valence-electron chi connectivity index (χ2n) is 3.85. The van der Waals surface area contributed by atoms with Gasteiger partial charge in [0.15, 0.2) is 3.79 Å². The molecule has 0 amide bonds. The van der Waals surface area contributed by atoms with Crippen LogP contribution in [-0.4, -0.2) is 8.62 Å². The van der Waals surface area contributed by atoms with Gasteiger partial charge in [-0.1, -0.05) is 50.7 Å². The molecule has 2 bridgehead atoms. The average Bonchev–Trinajstić information content (AvgIpc) is 2.42. The summed E-state index contributed by atoms with van der Waals surface area (Å²) in [7, 11) is 0. The second kappa shape index (κ2) is 3.18. The van der Waals surface area contributed by atoms with E-state index in [1.54, 1.807) is 0 Å². The van der Waals surface area contributed by atoms with Crippen molar-refractivity contribution >= 4 is 50.7 Å². The molecule has 70 valence electrons. The number of halogens is 4. The van der Waals surface area contributed by atoms with Crippen LogP contribution in [0.25, 0.3) is 0 Å². The molecule has 0 heterocycles. The minimum absolute atomic E-state index is 0.223. The lowest BCUT2D eigenvalue weighted by molar-refractivity contribution is 0.352. The van der Waals surface area contributed by atoms with E-state index in [0.717, 1.165) is 5.92 Å². The van der Waals surface area contributed by atoms with Crippen molar-refractivity contribution in [3.63, 3.8) is 0 Å². The Balaban J connectivity index is 2.17. The van der Waals surface area contributed by atoms with Crippen LogP contribution in [0, 0.1) is 17.8 Å². The van der Waals surface area contributed by atoms with Gasteiger partial charge in [-0.15, -0.1) is 0 Å². The third-order valence-electron chi connectivity index (χ3n) is 3.19. The Hall–Kier alpha value is 1.35. The predicted octanol–water partition coefficient (Wildman–Crippen LogP) is 4.17. The molecule has 4 atom stereocenters. The molecule has 0 radical (unpaired) electrons. The minimum atomic E-state index is -1.08. The molecule has 12 heavy (non-hydrogen) atoms. The summed E-state index contributed by atoms with van der Waals surface area (Å²) in [6.07, 6.45) is 3.79. The Kier molecular flexibility index (Phi) is 2.62. The summed E-state index contributed by atoms with van der Waals surface area (Å²) in [6, 6.07) is 0. The third kappa shape index (κ3) is 1.51. The Morgan fingerprint density at radius 2 is 1.67 bits per heavy atom. The van der Waals surface area contributed by atoms with Crippen molar-refractivity contribution in [2.45, 2.75) is 27.9 Å². The van der Waals surface area contributed by atoms with Crippen molar-refractivity contribution in [1.82, 2.24) is 0 Å². The first-order valence-electron chi connectivity index (χ1n) is 4.21. The molecule has 0 N–H and O–H groups in total. The lowest BCUT2D eigenvalue weighted by Crippen LogP contribution is -2.33. The summed E-state index contributed by atoms with van der Waals surface area (Å²) in [5.41, 5.74) is 0. The van der Waals surface area contributed by atoms with E-state index in [9.17, 15) is 0 Å². The predicted molar refractivity (Wildman–Crippen MR) is 57.3 cm³/mol. The largest absolute Gasteiger partial charge is 0.194 e. The zero-order valence-electron chi connectivity index (χ0n) is 6.44. The molecule has 0 aliphatic heterocycles. The first kappa shape index (κ1) is 9.89. The Bertz CT molecular complexity index is 187. The highest BCUT2D eigenvalue weighted by Gasteiger charge is 2.54. The van der Waals surface area contributed by atoms with Crippen LogP contribution >= 0.6 is 50.7 Å². The van der Waals surface area contributed by atoms with E-state index in [0.29, 0.717) is 10.7 Å². The SMILES string of the molecule is ClC(Cl)(Cl)C1C2CCC(C2)C1Br. The van der Waals surface area contributed by atoms with Gasteiger partial charge in [-0.05, 0) is 31.1 Å². The van der Waals surface area contributed by atoms with Gasteiger partial charge in [-0.3, -0.25) is 0 Å². The maximum atomic E-state index is 5.93. The molecule has 0 spiro atoms. The van der Waals surface area contributed by atoms with Crippen LogP contribution < -0.4 is 0 Å². The average molecular weight is 292 g/mol. The van der Waals surface area contributed by atoms with Gasteiger partial charge in [0.1, 0.15) is 0 Å². The quantitative estimate of drug-likeness (QED) is 0.588. The normalized spacial score (nSPS) is 47.0. The fourth-order valence-electron chi connectivity index (χ4n) is 2.67. The number of rotatable bonds is 0. The van der Waals surface area contributed by atoms with Crippen molar-refractivity contribution < 1.29 is 0 Å². The highest BCUT2D eigenvalue weighted by atomic mass is 79.9. The zero-order chi connectivity index (χ0) is 8.93. The second-order valence-corrected chi connectivity index (χ2v) is 7.27. The summed E-state index contributed by atoms with van der Waals surface area (Å²) in [4.78, 5) is 0.420. The first-order chi connectivity index (χ1) is 5.50. The zero-order valence-corrected chi connectivity index (χ0v) is 10.3. The van der Waals surface area contributed by atoms with E-state index in [4.69, 9.17) is 34.8 Å². The fourth-order valence-corrected chi connectivity index (χ4v) is 5.38. The molecule has 0 aromatic rings. The molecule has 4 unspecified atom stereocenters. The van der Waals surface area contributed by atoms with E-state index in [2.05, 4.69) is 15.9 Å². The summed E-state index contributed by atoms with van der Waals surface area (Å²) >= 11 is 21.4. The van der Waals surface area contributed by atoms with Crippen LogP contribution in [0.15, 0.2) is 0 Å². The van der Waals surface area contributed by atoms with Gasteiger partial charge in [0, 0.05) is 10.7 Å². The van der Waals surface area contributed by atoms with Crippen LogP contribution in [-0.2, 0) is 0 Å². The van der Waals surface area contributed by atoms with Gasteiger partial charge < -0.3 is 0 Å². The third-order valence-corrected chi connectivity index (χ3v) is 5.27. The number of hydrogen-bond acceptors (Lipinski definition) is 0. The van der Waals surface area contributed by atoms with E-state index in [-0.39, 0.29) is 5.92 Å². The van der Waals surface area contributed by atoms with Crippen molar-refractivity contribution in [3.8, 4) is 0 Å². The minimum Gasteiger partial charge on any atom is -0.0883 e. The van der Waals surface area contributed by atoms with Gasteiger partial charge in [0.2, 0.25) is 0 Å². The van der Waals surface area contributed by atoms with Gasteiger partial charge in [0.25, 0.3) is 0 Å². The van der Waals surface area contributed by atoms with Gasteiger partial charge in [0.05, 0.1) is 0 Å². The highest BCUT2D eigenvalue weighted by molar-refractivity contribution is 9.09. The van der Waals surface area contributed by atoms with Crippen LogP contribution in [0.5, 0.6) is 0 Å². The molecule has 2 saturated carbocycles. The van der Waals surface area contributed by atoms with Crippen molar-refractivity contribution in [3.05, 3.63) is 0 Å². The Labute approximate surface area is 96.1 Å². The standard InChI is InChI=1S/C8H10BrCl3/c9-7-5-2-1-4(3-5)6(7)8(10,11)12/h4-7H,1-3H2. The summed E-state index contributed by atoms with van der Waals surface area (Å²) < 4.78 is -1.08. The highest BCUT2D eigenvalue weighted by Crippen LogP contribution is 2.58. The topological polar surface area (TPSA) is 0 Å². The van der Waals surface area contributed by atoms with Gasteiger partial charge in [-0.25, -0.2) is 0 Å². The number of fused-ring (bicyclic) bond motifs is 2. The maximum absolute atomic E-state index is 5.93. The van der Waals surface area contributed by atoms with Gasteiger partial charge in [-0.2, -0.15) is 0 Å². The van der Waals surface area contributed by atoms with Crippen LogP contribution in [0.1, 0.15) is 19.3 Å². The summed E-state index contributed by atoms with van der Waals surface area (Å²) in [6.45, 7) is 0. The van der Waals surface area contributed by atoms with Crippen molar-refractivity contribution in [2.75, 3.05) is 0 Å².